The quantitative estimate of drug-likeness (QED) is 0.632. The highest BCUT2D eigenvalue weighted by Gasteiger charge is 2.38. The van der Waals surface area contributed by atoms with Gasteiger partial charge in [0.1, 0.15) is 6.61 Å². The van der Waals surface area contributed by atoms with Crippen LogP contribution in [-0.4, -0.2) is 40.1 Å². The van der Waals surface area contributed by atoms with E-state index in [4.69, 9.17) is 4.74 Å². The first kappa shape index (κ1) is 21.4. The topological polar surface area (TPSA) is 85.5 Å². The van der Waals surface area contributed by atoms with Crippen molar-refractivity contribution >= 4 is 11.9 Å². The molecule has 0 aliphatic carbocycles. The van der Waals surface area contributed by atoms with Gasteiger partial charge in [0.05, 0.1) is 6.54 Å². The highest BCUT2D eigenvalue weighted by atomic mass is 19.4. The number of alkyl halides is 3. The summed E-state index contributed by atoms with van der Waals surface area (Å²) in [4.78, 5) is 28.2. The number of carbonyl (C=O) groups is 2. The van der Waals surface area contributed by atoms with Gasteiger partial charge in [-0.25, -0.2) is 0 Å². The van der Waals surface area contributed by atoms with Crippen LogP contribution in [0.3, 0.4) is 0 Å². The predicted molar refractivity (Wildman–Crippen MR) is 91.7 cm³/mol. The van der Waals surface area contributed by atoms with Crippen LogP contribution in [0, 0.1) is 0 Å². The molecule has 1 aromatic carbocycles. The van der Waals surface area contributed by atoms with Gasteiger partial charge in [-0.05, 0) is 5.56 Å². The number of hydrogen-bond acceptors (Lipinski definition) is 6. The van der Waals surface area contributed by atoms with Crippen LogP contribution in [0.15, 0.2) is 28.8 Å². The number of esters is 1. The van der Waals surface area contributed by atoms with Crippen LogP contribution in [0.25, 0.3) is 11.4 Å². The van der Waals surface area contributed by atoms with Crippen LogP contribution in [0.4, 0.5) is 13.2 Å². The molecule has 0 radical (unpaired) electrons. The summed E-state index contributed by atoms with van der Waals surface area (Å²) < 4.78 is 46.9. The highest BCUT2D eigenvalue weighted by Crippen LogP contribution is 2.29. The number of benzene rings is 1. The molecule has 0 aliphatic heterocycles. The maximum Gasteiger partial charge on any atom is 0.471 e. The second kappa shape index (κ2) is 9.34. The van der Waals surface area contributed by atoms with Crippen LogP contribution in [0.1, 0.15) is 38.1 Å². The summed E-state index contributed by atoms with van der Waals surface area (Å²) in [6.45, 7) is 4.03. The van der Waals surface area contributed by atoms with Crippen LogP contribution in [0.2, 0.25) is 0 Å². The molecule has 0 saturated heterocycles. The van der Waals surface area contributed by atoms with Gasteiger partial charge in [0.2, 0.25) is 11.7 Å². The fourth-order valence-electron chi connectivity index (χ4n) is 2.32. The van der Waals surface area contributed by atoms with E-state index >= 15 is 0 Å². The fourth-order valence-corrected chi connectivity index (χ4v) is 2.32. The molecule has 1 amide bonds. The van der Waals surface area contributed by atoms with Gasteiger partial charge in [-0.2, -0.15) is 18.2 Å². The molecule has 0 bridgehead atoms. The molecule has 1 heterocycles. The largest absolute Gasteiger partial charge is 0.471 e. The SMILES string of the molecule is CCC(=O)OCCN(Cc1ccc(-c2noc(C(F)(F)F)n2)cc1)C(=O)CC. The smallest absolute Gasteiger partial charge is 0.464 e. The third kappa shape index (κ3) is 5.80. The van der Waals surface area contributed by atoms with Gasteiger partial charge < -0.3 is 14.2 Å². The standard InChI is InChI=1S/C18H20F3N3O4/c1-3-14(25)24(9-10-27-15(26)4-2)11-12-5-7-13(8-6-12)16-22-17(28-23-16)18(19,20)21/h5-8H,3-4,9-11H2,1-2H3. The van der Waals surface area contributed by atoms with Crippen molar-refractivity contribution in [3.8, 4) is 11.4 Å². The van der Waals surface area contributed by atoms with Gasteiger partial charge in [-0.1, -0.05) is 43.3 Å². The van der Waals surface area contributed by atoms with Gasteiger partial charge in [0.15, 0.2) is 0 Å². The summed E-state index contributed by atoms with van der Waals surface area (Å²) in [6, 6.07) is 6.41. The van der Waals surface area contributed by atoms with Gasteiger partial charge in [0, 0.05) is 24.9 Å². The zero-order valence-corrected chi connectivity index (χ0v) is 15.5. The summed E-state index contributed by atoms with van der Waals surface area (Å²) >= 11 is 0. The van der Waals surface area contributed by atoms with Crippen molar-refractivity contribution in [3.05, 3.63) is 35.7 Å². The molecule has 1 aromatic heterocycles. The van der Waals surface area contributed by atoms with E-state index in [1.165, 1.54) is 0 Å². The van der Waals surface area contributed by atoms with Crippen LogP contribution in [-0.2, 0) is 27.0 Å². The molecule has 0 fully saturated rings. The Morgan fingerprint density at radius 1 is 1.14 bits per heavy atom. The number of halogens is 3. The first-order valence-electron chi connectivity index (χ1n) is 8.68. The van der Waals surface area contributed by atoms with Crippen LogP contribution in [0.5, 0.6) is 0 Å². The molecule has 0 aliphatic rings. The minimum absolute atomic E-state index is 0.0968. The zero-order valence-electron chi connectivity index (χ0n) is 15.5. The van der Waals surface area contributed by atoms with E-state index < -0.39 is 12.1 Å². The summed E-state index contributed by atoms with van der Waals surface area (Å²) in [5.41, 5.74) is 1.11. The Hall–Kier alpha value is -2.91. The number of ether oxygens (including phenoxy) is 1. The molecule has 28 heavy (non-hydrogen) atoms. The van der Waals surface area contributed by atoms with E-state index in [1.807, 2.05) is 0 Å². The Bertz CT molecular complexity index is 803. The highest BCUT2D eigenvalue weighted by molar-refractivity contribution is 5.76. The van der Waals surface area contributed by atoms with Gasteiger partial charge >= 0.3 is 18.0 Å². The van der Waals surface area contributed by atoms with E-state index in [0.717, 1.165) is 5.56 Å². The van der Waals surface area contributed by atoms with E-state index in [0.29, 0.717) is 12.0 Å². The number of nitrogens with zero attached hydrogens (tertiary/aromatic N) is 3. The molecular weight excluding hydrogens is 379 g/mol. The van der Waals surface area contributed by atoms with Crippen LogP contribution >= 0.6 is 0 Å². The van der Waals surface area contributed by atoms with Crippen molar-refractivity contribution in [1.82, 2.24) is 15.0 Å². The minimum atomic E-state index is -4.70. The molecule has 7 nitrogen and oxygen atoms in total. The van der Waals surface area contributed by atoms with Crippen molar-refractivity contribution in [2.45, 2.75) is 39.4 Å². The molecule has 0 saturated carbocycles. The van der Waals surface area contributed by atoms with Gasteiger partial charge in [0.25, 0.3) is 0 Å². The van der Waals surface area contributed by atoms with E-state index in [1.54, 1.807) is 43.0 Å². The number of hydrogen-bond donors (Lipinski definition) is 0. The molecule has 2 aromatic rings. The van der Waals surface area contributed by atoms with E-state index in [2.05, 4.69) is 14.7 Å². The Balaban J connectivity index is 2.04. The Kier molecular flexibility index (Phi) is 7.13. The summed E-state index contributed by atoms with van der Waals surface area (Å²) in [5, 5.41) is 3.33. The molecule has 0 N–H and O–H groups in total. The normalized spacial score (nSPS) is 11.3. The average molecular weight is 399 g/mol. The van der Waals surface area contributed by atoms with Crippen molar-refractivity contribution in [1.29, 1.82) is 0 Å². The van der Waals surface area contributed by atoms with E-state index in [9.17, 15) is 22.8 Å². The molecule has 0 unspecified atom stereocenters. The zero-order chi connectivity index (χ0) is 20.7. The lowest BCUT2D eigenvalue weighted by molar-refractivity contribution is -0.159. The maximum absolute atomic E-state index is 12.5. The second-order valence-corrected chi connectivity index (χ2v) is 5.86. The Morgan fingerprint density at radius 3 is 2.36 bits per heavy atom. The van der Waals surface area contributed by atoms with E-state index in [-0.39, 0.29) is 43.8 Å². The minimum Gasteiger partial charge on any atom is -0.464 e. The molecule has 10 heteroatoms. The van der Waals surface area contributed by atoms with Crippen molar-refractivity contribution in [3.63, 3.8) is 0 Å². The Labute approximate surface area is 159 Å². The first-order chi connectivity index (χ1) is 13.2. The lowest BCUT2D eigenvalue weighted by Gasteiger charge is -2.22. The van der Waals surface area contributed by atoms with Crippen molar-refractivity contribution in [2.75, 3.05) is 13.2 Å². The monoisotopic (exact) mass is 399 g/mol. The summed E-state index contributed by atoms with van der Waals surface area (Å²) in [6.07, 6.45) is -4.15. The van der Waals surface area contributed by atoms with Crippen molar-refractivity contribution in [2.24, 2.45) is 0 Å². The summed E-state index contributed by atoms with van der Waals surface area (Å²) in [7, 11) is 0. The maximum atomic E-state index is 12.5. The molecule has 0 atom stereocenters. The molecule has 152 valence electrons. The molecule has 2 rings (SSSR count). The number of carbonyl (C=O) groups excluding carboxylic acids is 2. The number of rotatable bonds is 8. The summed E-state index contributed by atoms with van der Waals surface area (Å²) in [5.74, 6) is -2.03. The van der Waals surface area contributed by atoms with Gasteiger partial charge in [-0.3, -0.25) is 9.59 Å². The first-order valence-corrected chi connectivity index (χ1v) is 8.68. The fraction of sp³-hybridized carbons (Fsp3) is 0.444. The van der Waals surface area contributed by atoms with Crippen molar-refractivity contribution < 1.29 is 32.0 Å². The van der Waals surface area contributed by atoms with Gasteiger partial charge in [-0.15, -0.1) is 0 Å². The van der Waals surface area contributed by atoms with Crippen LogP contribution < -0.4 is 0 Å². The Morgan fingerprint density at radius 2 is 1.82 bits per heavy atom. The number of aromatic nitrogens is 2. The lowest BCUT2D eigenvalue weighted by atomic mass is 10.1. The third-order valence-electron chi connectivity index (χ3n) is 3.82. The number of amides is 1. The lowest BCUT2D eigenvalue weighted by Crippen LogP contribution is -2.33. The average Bonchev–Trinajstić information content (AvgIpc) is 3.17. The third-order valence-corrected chi connectivity index (χ3v) is 3.82. The molecule has 0 spiro atoms. The molecular formula is C18H20F3N3O4. The predicted octanol–water partition coefficient (Wildman–Crippen LogP) is 3.45. The second-order valence-electron chi connectivity index (χ2n) is 5.86.